The van der Waals surface area contributed by atoms with Gasteiger partial charge in [-0.1, -0.05) is 0 Å². The molecule has 0 aromatic rings. The van der Waals surface area contributed by atoms with Crippen molar-refractivity contribution >= 4 is 40.2 Å². The van der Waals surface area contributed by atoms with Crippen LogP contribution in [0.4, 0.5) is 0 Å². The number of thioether (sulfide) groups is 2. The highest BCUT2D eigenvalue weighted by Crippen LogP contribution is 2.17. The van der Waals surface area contributed by atoms with Crippen molar-refractivity contribution in [1.29, 1.82) is 0 Å². The van der Waals surface area contributed by atoms with Crippen LogP contribution in [0.25, 0.3) is 0 Å². The monoisotopic (exact) mass is 282 g/mol. The van der Waals surface area contributed by atoms with Crippen molar-refractivity contribution < 1.29 is 0 Å². The van der Waals surface area contributed by atoms with E-state index in [0.29, 0.717) is 5.84 Å². The van der Waals surface area contributed by atoms with Crippen molar-refractivity contribution in [2.75, 3.05) is 12.5 Å². The lowest BCUT2D eigenvalue weighted by Gasteiger charge is -2.01. The SMILES string of the molecule is CSC1=C/C(C)=C/C(SC)=N\C(C)=N\N\C(C)=N\1. The average molecular weight is 282 g/mol. The highest BCUT2D eigenvalue weighted by atomic mass is 32.2. The van der Waals surface area contributed by atoms with E-state index in [1.54, 1.807) is 23.5 Å². The second-order valence-electron chi connectivity index (χ2n) is 3.70. The van der Waals surface area contributed by atoms with Crippen molar-refractivity contribution in [3.63, 3.8) is 0 Å². The topological polar surface area (TPSA) is 49.1 Å². The van der Waals surface area contributed by atoms with Crippen LogP contribution in [0, 0.1) is 0 Å². The molecule has 6 heteroatoms. The summed E-state index contributed by atoms with van der Waals surface area (Å²) in [5.41, 5.74) is 4.02. The maximum atomic E-state index is 4.46. The third kappa shape index (κ3) is 5.10. The molecule has 0 atom stereocenters. The lowest BCUT2D eigenvalue weighted by molar-refractivity contribution is 1.00. The zero-order chi connectivity index (χ0) is 13.5. The fourth-order valence-electron chi connectivity index (χ4n) is 1.24. The van der Waals surface area contributed by atoms with Gasteiger partial charge in [-0.15, -0.1) is 23.5 Å². The first-order valence-corrected chi connectivity index (χ1v) is 7.92. The minimum absolute atomic E-state index is 0.686. The first-order valence-electron chi connectivity index (χ1n) is 5.47. The Morgan fingerprint density at radius 1 is 1.00 bits per heavy atom. The molecule has 0 aliphatic carbocycles. The van der Waals surface area contributed by atoms with Gasteiger partial charge in [0.05, 0.1) is 10.1 Å². The Kier molecular flexibility index (Phi) is 6.21. The summed E-state index contributed by atoms with van der Waals surface area (Å²) in [5.74, 6) is 1.44. The molecule has 0 saturated carbocycles. The summed E-state index contributed by atoms with van der Waals surface area (Å²) in [6, 6.07) is 0. The quantitative estimate of drug-likeness (QED) is 0.803. The van der Waals surface area contributed by atoms with Gasteiger partial charge in [0.25, 0.3) is 0 Å². The summed E-state index contributed by atoms with van der Waals surface area (Å²) in [4.78, 5) is 8.89. The van der Waals surface area contributed by atoms with Crippen LogP contribution in [0.15, 0.2) is 37.8 Å². The van der Waals surface area contributed by atoms with Gasteiger partial charge in [0, 0.05) is 0 Å². The molecular formula is C12H18N4S2. The van der Waals surface area contributed by atoms with Crippen LogP contribution in [0.5, 0.6) is 0 Å². The normalized spacial score (nSPS) is 31.9. The number of nitrogens with zero attached hydrogens (tertiary/aromatic N) is 3. The number of aliphatic imine (C=N–C) groups is 2. The van der Waals surface area contributed by atoms with Crippen molar-refractivity contribution in [2.45, 2.75) is 20.8 Å². The van der Waals surface area contributed by atoms with Gasteiger partial charge in [-0.3, -0.25) is 5.43 Å². The van der Waals surface area contributed by atoms with Crippen LogP contribution in [0.3, 0.4) is 0 Å². The zero-order valence-electron chi connectivity index (χ0n) is 11.3. The molecule has 1 aliphatic rings. The molecule has 1 N–H and O–H groups in total. The van der Waals surface area contributed by atoms with Gasteiger partial charge >= 0.3 is 0 Å². The van der Waals surface area contributed by atoms with E-state index in [1.165, 1.54) is 0 Å². The first-order chi connectivity index (χ1) is 8.55. The van der Waals surface area contributed by atoms with Crippen molar-refractivity contribution in [3.05, 3.63) is 22.8 Å². The smallest absolute Gasteiger partial charge is 0.146 e. The molecule has 1 rings (SSSR count). The van der Waals surface area contributed by atoms with Gasteiger partial charge in [0.15, 0.2) is 0 Å². The third-order valence-corrected chi connectivity index (χ3v) is 3.30. The van der Waals surface area contributed by atoms with E-state index in [1.807, 2.05) is 45.4 Å². The number of hydrogen-bond donors (Lipinski definition) is 1. The predicted octanol–water partition coefficient (Wildman–Crippen LogP) is 3.25. The fraction of sp³-hybridized carbons (Fsp3) is 0.417. The van der Waals surface area contributed by atoms with E-state index in [4.69, 9.17) is 0 Å². The molecule has 0 radical (unpaired) electrons. The maximum Gasteiger partial charge on any atom is 0.146 e. The number of hydrogen-bond acceptors (Lipinski definition) is 6. The molecule has 98 valence electrons. The summed E-state index contributed by atoms with van der Waals surface area (Å²) in [6.07, 6.45) is 8.09. The van der Waals surface area contributed by atoms with Crippen LogP contribution < -0.4 is 5.43 Å². The van der Waals surface area contributed by atoms with Crippen LogP contribution in [-0.2, 0) is 0 Å². The second kappa shape index (κ2) is 7.43. The molecule has 0 bridgehead atoms. The molecule has 1 aliphatic heterocycles. The van der Waals surface area contributed by atoms with E-state index in [2.05, 4.69) is 20.5 Å². The minimum atomic E-state index is 0.686. The van der Waals surface area contributed by atoms with Gasteiger partial charge in [-0.05, 0) is 51.0 Å². The van der Waals surface area contributed by atoms with Crippen LogP contribution >= 0.6 is 23.5 Å². The number of rotatable bonds is 1. The summed E-state index contributed by atoms with van der Waals surface area (Å²) in [6.45, 7) is 5.79. The molecule has 0 saturated heterocycles. The van der Waals surface area contributed by atoms with Gasteiger partial charge in [0.2, 0.25) is 0 Å². The molecule has 0 aromatic carbocycles. The highest BCUT2D eigenvalue weighted by molar-refractivity contribution is 8.13. The Morgan fingerprint density at radius 3 is 2.33 bits per heavy atom. The first kappa shape index (κ1) is 15.0. The minimum Gasteiger partial charge on any atom is -0.263 e. The molecule has 18 heavy (non-hydrogen) atoms. The van der Waals surface area contributed by atoms with Crippen molar-refractivity contribution in [2.24, 2.45) is 15.1 Å². The molecule has 0 amide bonds. The maximum absolute atomic E-state index is 4.46. The average Bonchev–Trinajstić information content (AvgIpc) is 2.35. The molecule has 1 heterocycles. The molecule has 0 aromatic heterocycles. The number of amidine groups is 2. The van der Waals surface area contributed by atoms with E-state index < -0.39 is 0 Å². The van der Waals surface area contributed by atoms with Gasteiger partial charge in [-0.2, -0.15) is 5.10 Å². The van der Waals surface area contributed by atoms with E-state index in [0.717, 1.165) is 21.5 Å². The summed E-state index contributed by atoms with van der Waals surface area (Å²) in [5, 5.41) is 6.05. The molecule has 0 fully saturated rings. The number of hydrazone groups is 1. The van der Waals surface area contributed by atoms with E-state index in [9.17, 15) is 0 Å². The van der Waals surface area contributed by atoms with Gasteiger partial charge in [-0.25, -0.2) is 9.98 Å². The fourth-order valence-corrected chi connectivity index (χ4v) is 2.30. The van der Waals surface area contributed by atoms with Gasteiger partial charge in [0.1, 0.15) is 11.7 Å². The number of nitrogens with one attached hydrogen (secondary N) is 1. The number of allylic oxidation sites excluding steroid dienone is 2. The lowest BCUT2D eigenvalue weighted by atomic mass is 10.3. The summed E-state index contributed by atoms with van der Waals surface area (Å²) < 4.78 is 0. The lowest BCUT2D eigenvalue weighted by Crippen LogP contribution is -2.15. The second-order valence-corrected chi connectivity index (χ2v) is 5.35. The summed E-state index contributed by atoms with van der Waals surface area (Å²) in [7, 11) is 0. The molecule has 4 nitrogen and oxygen atoms in total. The Hall–Kier alpha value is -1.01. The predicted molar refractivity (Wildman–Crippen MR) is 85.7 cm³/mol. The Morgan fingerprint density at radius 2 is 1.72 bits per heavy atom. The third-order valence-electron chi connectivity index (χ3n) is 2.05. The molecular weight excluding hydrogens is 264 g/mol. The Bertz CT molecular complexity index is 459. The largest absolute Gasteiger partial charge is 0.263 e. The Labute approximate surface area is 117 Å². The van der Waals surface area contributed by atoms with Crippen LogP contribution in [-0.4, -0.2) is 29.2 Å². The zero-order valence-corrected chi connectivity index (χ0v) is 12.9. The summed E-state index contributed by atoms with van der Waals surface area (Å²) >= 11 is 3.21. The van der Waals surface area contributed by atoms with E-state index in [-0.39, 0.29) is 0 Å². The van der Waals surface area contributed by atoms with Crippen LogP contribution in [0.1, 0.15) is 20.8 Å². The van der Waals surface area contributed by atoms with Crippen LogP contribution in [0.2, 0.25) is 0 Å². The molecule has 0 spiro atoms. The standard InChI is InChI=1S/C12H18N4S2/c1-8-6-11(17-4)13-9(2)15-16-10(3)14-12(7-8)18-5/h6-7H,1-5H3,(H,13,15)/b8-7+,11-6+,14-12+,16-10+. The van der Waals surface area contributed by atoms with Gasteiger partial charge < -0.3 is 0 Å². The van der Waals surface area contributed by atoms with Crippen molar-refractivity contribution in [1.82, 2.24) is 5.43 Å². The van der Waals surface area contributed by atoms with Crippen molar-refractivity contribution in [3.8, 4) is 0 Å². The molecule has 0 unspecified atom stereocenters. The van der Waals surface area contributed by atoms with E-state index >= 15 is 0 Å². The Balaban J connectivity index is 3.23. The highest BCUT2D eigenvalue weighted by Gasteiger charge is 2.00.